The maximum absolute atomic E-state index is 11.3. The van der Waals surface area contributed by atoms with Crippen LogP contribution in [0.5, 0.6) is 5.75 Å². The molecule has 0 aliphatic carbocycles. The van der Waals surface area contributed by atoms with Crippen LogP contribution in [0, 0.1) is 5.92 Å². The number of benzene rings is 1. The molecule has 5 nitrogen and oxygen atoms in total. The van der Waals surface area contributed by atoms with E-state index in [-0.39, 0.29) is 23.8 Å². The van der Waals surface area contributed by atoms with Crippen molar-refractivity contribution in [3.05, 3.63) is 48.0 Å². The number of aromatic nitrogens is 2. The molecule has 0 saturated carbocycles. The fourth-order valence-electron chi connectivity index (χ4n) is 2.77. The van der Waals surface area contributed by atoms with E-state index in [1.807, 2.05) is 31.2 Å². The molecule has 0 radical (unpaired) electrons. The second-order valence-corrected chi connectivity index (χ2v) is 5.16. The minimum absolute atomic E-state index is 0.0129. The Morgan fingerprint density at radius 3 is 2.85 bits per heavy atom. The van der Waals surface area contributed by atoms with Crippen molar-refractivity contribution in [2.45, 2.75) is 26.0 Å². The minimum atomic E-state index is -0.966. The number of para-hydroxylation sites is 1. The highest BCUT2D eigenvalue weighted by Gasteiger charge is 2.35. The molecule has 1 aliphatic heterocycles. The minimum Gasteiger partial charge on any atom is -0.490 e. The number of fused-ring (bicyclic) bond motifs is 1. The Hall–Kier alpha value is -2.30. The average Bonchev–Trinajstić information content (AvgIpc) is 2.89. The van der Waals surface area contributed by atoms with Crippen molar-refractivity contribution in [2.24, 2.45) is 5.92 Å². The number of nitrogens with zero attached hydrogens (tertiary/aromatic N) is 2. The van der Waals surface area contributed by atoms with Gasteiger partial charge in [0.2, 0.25) is 0 Å². The zero-order chi connectivity index (χ0) is 14.3. The Morgan fingerprint density at radius 2 is 2.10 bits per heavy atom. The highest BCUT2D eigenvalue weighted by atomic mass is 16.5. The van der Waals surface area contributed by atoms with Crippen molar-refractivity contribution in [2.75, 3.05) is 0 Å². The first-order valence-corrected chi connectivity index (χ1v) is 6.60. The van der Waals surface area contributed by atoms with Crippen molar-refractivity contribution in [3.8, 4) is 5.75 Å². The molecular weight excluding hydrogens is 256 g/mol. The summed E-state index contributed by atoms with van der Waals surface area (Å²) in [5, 5.41) is 9.29. The second-order valence-electron chi connectivity index (χ2n) is 5.16. The van der Waals surface area contributed by atoms with Gasteiger partial charge >= 0.3 is 5.97 Å². The molecule has 0 bridgehead atoms. The van der Waals surface area contributed by atoms with E-state index in [0.717, 1.165) is 11.3 Å². The number of rotatable bonds is 2. The largest absolute Gasteiger partial charge is 0.490 e. The van der Waals surface area contributed by atoms with Gasteiger partial charge in [-0.05, 0) is 13.0 Å². The summed E-state index contributed by atoms with van der Waals surface area (Å²) < 4.78 is 7.62. The van der Waals surface area contributed by atoms with Gasteiger partial charge in [-0.3, -0.25) is 0 Å². The van der Waals surface area contributed by atoms with Crippen LogP contribution in [0.3, 0.4) is 0 Å². The lowest BCUT2D eigenvalue weighted by molar-refractivity contribution is 0.0668. The third-order valence-corrected chi connectivity index (χ3v) is 3.97. The van der Waals surface area contributed by atoms with Crippen LogP contribution in [-0.4, -0.2) is 26.7 Å². The predicted molar refractivity (Wildman–Crippen MR) is 73.0 cm³/mol. The van der Waals surface area contributed by atoms with Gasteiger partial charge in [-0.2, -0.15) is 0 Å². The van der Waals surface area contributed by atoms with Crippen LogP contribution in [0.15, 0.2) is 36.8 Å². The second kappa shape index (κ2) is 4.67. The van der Waals surface area contributed by atoms with Gasteiger partial charge < -0.3 is 14.4 Å². The Labute approximate surface area is 116 Å². The average molecular weight is 272 g/mol. The summed E-state index contributed by atoms with van der Waals surface area (Å²) in [6, 6.07) is 7.68. The molecule has 104 valence electrons. The van der Waals surface area contributed by atoms with Gasteiger partial charge in [0.25, 0.3) is 0 Å². The van der Waals surface area contributed by atoms with E-state index < -0.39 is 5.97 Å². The fraction of sp³-hybridized carbons (Fsp3) is 0.333. The molecule has 1 aliphatic rings. The van der Waals surface area contributed by atoms with Crippen LogP contribution in [0.2, 0.25) is 0 Å². The molecule has 0 spiro atoms. The van der Waals surface area contributed by atoms with Gasteiger partial charge in [-0.15, -0.1) is 0 Å². The number of aromatic carboxylic acids is 1. The Morgan fingerprint density at radius 1 is 1.35 bits per heavy atom. The molecule has 5 heteroatoms. The molecule has 3 atom stereocenters. The number of carboxylic acids is 1. The molecule has 1 aromatic carbocycles. The predicted octanol–water partition coefficient (Wildman–Crippen LogP) is 2.59. The van der Waals surface area contributed by atoms with Gasteiger partial charge in [-0.1, -0.05) is 25.1 Å². The number of imidazole rings is 1. The molecule has 0 saturated heterocycles. The lowest BCUT2D eigenvalue weighted by atomic mass is 9.87. The van der Waals surface area contributed by atoms with Crippen LogP contribution >= 0.6 is 0 Å². The normalized spacial score (nSPS) is 24.8. The third kappa shape index (κ3) is 1.86. The van der Waals surface area contributed by atoms with E-state index in [1.54, 1.807) is 10.9 Å². The van der Waals surface area contributed by atoms with E-state index >= 15 is 0 Å². The molecule has 2 aromatic rings. The van der Waals surface area contributed by atoms with E-state index in [4.69, 9.17) is 4.74 Å². The SMILES string of the molecule is CC1C(n2cncc2C(=O)O)c2ccccc2O[C@@H]1C. The molecule has 2 unspecified atom stereocenters. The molecule has 0 fully saturated rings. The van der Waals surface area contributed by atoms with Crippen LogP contribution < -0.4 is 4.74 Å². The van der Waals surface area contributed by atoms with E-state index in [2.05, 4.69) is 11.9 Å². The zero-order valence-electron chi connectivity index (χ0n) is 11.4. The van der Waals surface area contributed by atoms with Gasteiger partial charge in [0.15, 0.2) is 0 Å². The topological polar surface area (TPSA) is 64.4 Å². The van der Waals surface area contributed by atoms with Crippen LogP contribution in [0.4, 0.5) is 0 Å². The fourth-order valence-corrected chi connectivity index (χ4v) is 2.77. The van der Waals surface area contributed by atoms with E-state index in [0.29, 0.717) is 0 Å². The summed E-state index contributed by atoms with van der Waals surface area (Å²) in [5.41, 5.74) is 1.20. The van der Waals surface area contributed by atoms with Gasteiger partial charge in [0.1, 0.15) is 17.5 Å². The van der Waals surface area contributed by atoms with Crippen molar-refractivity contribution >= 4 is 5.97 Å². The van der Waals surface area contributed by atoms with Gasteiger partial charge in [-0.25, -0.2) is 9.78 Å². The van der Waals surface area contributed by atoms with E-state index in [1.165, 1.54) is 6.20 Å². The highest BCUT2D eigenvalue weighted by molar-refractivity contribution is 5.85. The van der Waals surface area contributed by atoms with Crippen molar-refractivity contribution in [1.82, 2.24) is 9.55 Å². The van der Waals surface area contributed by atoms with Crippen molar-refractivity contribution in [1.29, 1.82) is 0 Å². The number of hydrogen-bond donors (Lipinski definition) is 1. The first-order chi connectivity index (χ1) is 9.59. The molecule has 1 N–H and O–H groups in total. The first-order valence-electron chi connectivity index (χ1n) is 6.60. The first kappa shape index (κ1) is 12.7. The number of ether oxygens (including phenoxy) is 1. The third-order valence-electron chi connectivity index (χ3n) is 3.97. The quantitative estimate of drug-likeness (QED) is 0.912. The maximum atomic E-state index is 11.3. The highest BCUT2D eigenvalue weighted by Crippen LogP contribution is 2.41. The summed E-state index contributed by atoms with van der Waals surface area (Å²) >= 11 is 0. The smallest absolute Gasteiger partial charge is 0.354 e. The lowest BCUT2D eigenvalue weighted by Crippen LogP contribution is -2.36. The monoisotopic (exact) mass is 272 g/mol. The molecule has 1 aromatic heterocycles. The van der Waals surface area contributed by atoms with Gasteiger partial charge in [0, 0.05) is 11.5 Å². The Kier molecular flexibility index (Phi) is 2.97. The summed E-state index contributed by atoms with van der Waals surface area (Å²) in [6.45, 7) is 4.07. The molecule has 0 amide bonds. The lowest BCUT2D eigenvalue weighted by Gasteiger charge is -2.37. The molecule has 3 rings (SSSR count). The zero-order valence-corrected chi connectivity index (χ0v) is 11.4. The van der Waals surface area contributed by atoms with Crippen LogP contribution in [0.25, 0.3) is 0 Å². The summed E-state index contributed by atoms with van der Waals surface area (Å²) in [6.07, 6.45) is 2.98. The van der Waals surface area contributed by atoms with Crippen LogP contribution in [0.1, 0.15) is 35.9 Å². The van der Waals surface area contributed by atoms with E-state index in [9.17, 15) is 9.90 Å². The molecule has 2 heterocycles. The number of carboxylic acid groups (broad SMARTS) is 1. The van der Waals surface area contributed by atoms with Crippen molar-refractivity contribution in [3.63, 3.8) is 0 Å². The van der Waals surface area contributed by atoms with Gasteiger partial charge in [0.05, 0.1) is 18.6 Å². The summed E-state index contributed by atoms with van der Waals surface area (Å²) in [5.74, 6) is -0.00309. The Bertz CT molecular complexity index is 650. The number of hydrogen-bond acceptors (Lipinski definition) is 3. The Balaban J connectivity index is 2.16. The number of carbonyl (C=O) groups is 1. The molecular formula is C15H16N2O3. The summed E-state index contributed by atoms with van der Waals surface area (Å²) in [7, 11) is 0. The van der Waals surface area contributed by atoms with Crippen molar-refractivity contribution < 1.29 is 14.6 Å². The standard InChI is InChI=1S/C15H16N2O3/c1-9-10(2)20-13-6-4-3-5-11(13)14(9)17-8-16-7-12(17)15(18)19/h3-10,14H,1-2H3,(H,18,19)/t9?,10-,14?/m1/s1. The van der Waals surface area contributed by atoms with Crippen LogP contribution in [-0.2, 0) is 0 Å². The maximum Gasteiger partial charge on any atom is 0.354 e. The summed E-state index contributed by atoms with van der Waals surface area (Å²) in [4.78, 5) is 15.3. The molecule has 20 heavy (non-hydrogen) atoms.